The summed E-state index contributed by atoms with van der Waals surface area (Å²) in [6.45, 7) is 0. The van der Waals surface area contributed by atoms with Crippen molar-refractivity contribution < 1.29 is 13.0 Å². The molecule has 7 heteroatoms. The van der Waals surface area contributed by atoms with Crippen LogP contribution in [-0.2, 0) is 0 Å². The number of halogens is 3. The highest BCUT2D eigenvalue weighted by Gasteiger charge is 2.27. The normalized spacial score (nSPS) is 14.4. The van der Waals surface area contributed by atoms with Crippen LogP contribution in [0.1, 0.15) is 12.8 Å². The zero-order chi connectivity index (χ0) is 16.0. The van der Waals surface area contributed by atoms with E-state index >= 15 is 0 Å². The van der Waals surface area contributed by atoms with Gasteiger partial charge in [0.25, 0.3) is 0 Å². The molecule has 23 heavy (non-hydrogen) atoms. The molecule has 0 atom stereocenters. The largest absolute Gasteiger partial charge is 0.490 e. The summed E-state index contributed by atoms with van der Waals surface area (Å²) in [5.74, 6) is 0.0476. The van der Waals surface area contributed by atoms with Gasteiger partial charge in [-0.05, 0) is 37.1 Å². The van der Waals surface area contributed by atoms with Gasteiger partial charge in [0.15, 0.2) is 18.0 Å². The Bertz CT molecular complexity index is 895. The first kappa shape index (κ1) is 14.8. The fraction of sp³-hybridized carbons (Fsp3) is 0.188. The maximum absolute atomic E-state index is 14.5. The minimum absolute atomic E-state index is 0.00729. The van der Waals surface area contributed by atoms with Gasteiger partial charge in [-0.1, -0.05) is 17.7 Å². The molecule has 4 rings (SSSR count). The summed E-state index contributed by atoms with van der Waals surface area (Å²) in [5.41, 5.74) is 1.20. The second-order valence-electron chi connectivity index (χ2n) is 5.37. The second kappa shape index (κ2) is 5.69. The predicted octanol–water partition coefficient (Wildman–Crippen LogP) is 5.42. The molecule has 1 aliphatic rings. The summed E-state index contributed by atoms with van der Waals surface area (Å²) in [5, 5.41) is 0.866. The SMILES string of the molecule is FSn1cc(-c2c(F)cccc2OC2CC2)c2ccc(Cl)nc21. The lowest BCUT2D eigenvalue weighted by Crippen LogP contribution is -1.99. The number of hydrogen-bond donors (Lipinski definition) is 0. The molecule has 0 unspecified atom stereocenters. The Morgan fingerprint density at radius 3 is 2.83 bits per heavy atom. The summed E-state index contributed by atoms with van der Waals surface area (Å²) in [6.07, 6.45) is 3.58. The van der Waals surface area contributed by atoms with Gasteiger partial charge in [-0.15, -0.1) is 3.89 Å². The van der Waals surface area contributed by atoms with Crippen LogP contribution in [0.15, 0.2) is 36.5 Å². The van der Waals surface area contributed by atoms with Gasteiger partial charge in [0.2, 0.25) is 0 Å². The quantitative estimate of drug-likeness (QED) is 0.587. The van der Waals surface area contributed by atoms with E-state index in [4.69, 9.17) is 16.3 Å². The van der Waals surface area contributed by atoms with Crippen LogP contribution in [0.25, 0.3) is 22.2 Å². The molecule has 0 spiro atoms. The lowest BCUT2D eigenvalue weighted by Gasteiger charge is -2.11. The van der Waals surface area contributed by atoms with Crippen LogP contribution in [0.5, 0.6) is 5.75 Å². The second-order valence-corrected chi connectivity index (χ2v) is 6.29. The standard InChI is InChI=1S/C16H11ClF2N2OS/c17-14-7-6-10-11(8-21(23-19)16(10)20-14)15-12(18)2-1-3-13(15)22-9-4-5-9/h1-3,6-9H,4-5H2. The van der Waals surface area contributed by atoms with Crippen molar-refractivity contribution in [2.24, 2.45) is 0 Å². The van der Waals surface area contributed by atoms with Crippen LogP contribution in [0.4, 0.5) is 8.28 Å². The summed E-state index contributed by atoms with van der Waals surface area (Å²) in [6, 6.07) is 8.01. The molecule has 0 amide bonds. The first-order chi connectivity index (χ1) is 11.2. The summed E-state index contributed by atoms with van der Waals surface area (Å²) < 4.78 is 34.7. The number of rotatable bonds is 4. The van der Waals surface area contributed by atoms with Crippen molar-refractivity contribution >= 4 is 35.0 Å². The van der Waals surface area contributed by atoms with Crippen LogP contribution >= 0.6 is 23.9 Å². The Morgan fingerprint density at radius 2 is 2.09 bits per heavy atom. The van der Waals surface area contributed by atoms with E-state index in [9.17, 15) is 8.28 Å². The molecule has 1 saturated carbocycles. The lowest BCUT2D eigenvalue weighted by molar-refractivity contribution is 0.303. The third-order valence-electron chi connectivity index (χ3n) is 3.72. The van der Waals surface area contributed by atoms with Gasteiger partial charge in [-0.2, -0.15) is 0 Å². The average molecular weight is 353 g/mol. The van der Waals surface area contributed by atoms with E-state index in [0.29, 0.717) is 27.9 Å². The molecule has 0 bridgehead atoms. The molecular weight excluding hydrogens is 342 g/mol. The van der Waals surface area contributed by atoms with E-state index in [1.54, 1.807) is 24.3 Å². The minimum Gasteiger partial charge on any atom is -0.490 e. The van der Waals surface area contributed by atoms with E-state index in [1.165, 1.54) is 16.2 Å². The summed E-state index contributed by atoms with van der Waals surface area (Å²) >= 11 is 5.88. The molecule has 1 aliphatic carbocycles. The van der Waals surface area contributed by atoms with Gasteiger partial charge in [-0.25, -0.2) is 13.3 Å². The minimum atomic E-state index is -0.416. The van der Waals surface area contributed by atoms with Crippen molar-refractivity contribution in [1.29, 1.82) is 0 Å². The third-order valence-corrected chi connectivity index (χ3v) is 4.36. The number of hydrogen-bond acceptors (Lipinski definition) is 3. The van der Waals surface area contributed by atoms with Crippen LogP contribution in [0.2, 0.25) is 5.15 Å². The smallest absolute Gasteiger partial charge is 0.171 e. The van der Waals surface area contributed by atoms with Crippen LogP contribution in [0.3, 0.4) is 0 Å². The zero-order valence-electron chi connectivity index (χ0n) is 11.8. The van der Waals surface area contributed by atoms with Gasteiger partial charge in [0.05, 0.1) is 11.7 Å². The third kappa shape index (κ3) is 2.66. The van der Waals surface area contributed by atoms with Gasteiger partial charge in [0.1, 0.15) is 16.7 Å². The van der Waals surface area contributed by atoms with Crippen molar-refractivity contribution in [3.63, 3.8) is 0 Å². The molecule has 1 aromatic carbocycles. The Hall–Kier alpha value is -1.79. The van der Waals surface area contributed by atoms with Gasteiger partial charge < -0.3 is 4.74 Å². The maximum atomic E-state index is 14.5. The molecule has 3 aromatic rings. The number of ether oxygens (including phenoxy) is 1. The van der Waals surface area contributed by atoms with Crippen molar-refractivity contribution in [3.05, 3.63) is 47.5 Å². The summed E-state index contributed by atoms with van der Waals surface area (Å²) in [4.78, 5) is 4.13. The number of aromatic nitrogens is 2. The Kier molecular flexibility index (Phi) is 3.66. The van der Waals surface area contributed by atoms with E-state index in [1.807, 2.05) is 0 Å². The van der Waals surface area contributed by atoms with Crippen LogP contribution in [0, 0.1) is 5.82 Å². The average Bonchev–Trinajstić information content (AvgIpc) is 3.28. The molecule has 3 nitrogen and oxygen atoms in total. The van der Waals surface area contributed by atoms with Gasteiger partial charge in [0, 0.05) is 17.1 Å². The number of pyridine rings is 1. The van der Waals surface area contributed by atoms with Crippen molar-refractivity contribution in [3.8, 4) is 16.9 Å². The van der Waals surface area contributed by atoms with Gasteiger partial charge >= 0.3 is 0 Å². The van der Waals surface area contributed by atoms with Crippen molar-refractivity contribution in [2.45, 2.75) is 18.9 Å². The number of fused-ring (bicyclic) bond motifs is 1. The topological polar surface area (TPSA) is 27.1 Å². The number of nitrogens with zero attached hydrogens (tertiary/aromatic N) is 2. The molecule has 0 saturated heterocycles. The summed E-state index contributed by atoms with van der Waals surface area (Å²) in [7, 11) is 0. The molecule has 0 N–H and O–H groups in total. The predicted molar refractivity (Wildman–Crippen MR) is 87.9 cm³/mol. The zero-order valence-corrected chi connectivity index (χ0v) is 13.4. The fourth-order valence-corrected chi connectivity index (χ4v) is 3.03. The molecule has 2 aromatic heterocycles. The molecule has 0 radical (unpaired) electrons. The highest BCUT2D eigenvalue weighted by molar-refractivity contribution is 7.92. The van der Waals surface area contributed by atoms with E-state index < -0.39 is 5.82 Å². The molecule has 118 valence electrons. The fourth-order valence-electron chi connectivity index (χ4n) is 2.53. The molecule has 1 fully saturated rings. The first-order valence-corrected chi connectivity index (χ1v) is 8.15. The Morgan fingerprint density at radius 1 is 1.26 bits per heavy atom. The molecule has 2 heterocycles. The monoisotopic (exact) mass is 352 g/mol. The highest BCUT2D eigenvalue weighted by atomic mass is 35.5. The first-order valence-electron chi connectivity index (χ1n) is 7.09. The van der Waals surface area contributed by atoms with Crippen LogP contribution in [-0.4, -0.2) is 15.1 Å². The molecule has 0 aliphatic heterocycles. The van der Waals surface area contributed by atoms with E-state index in [-0.39, 0.29) is 23.6 Å². The van der Waals surface area contributed by atoms with Crippen molar-refractivity contribution in [1.82, 2.24) is 8.96 Å². The van der Waals surface area contributed by atoms with E-state index in [2.05, 4.69) is 4.98 Å². The maximum Gasteiger partial charge on any atom is 0.171 e. The van der Waals surface area contributed by atoms with Crippen LogP contribution < -0.4 is 4.74 Å². The lowest BCUT2D eigenvalue weighted by atomic mass is 10.0. The van der Waals surface area contributed by atoms with Gasteiger partial charge in [-0.3, -0.25) is 0 Å². The Labute approximate surface area is 140 Å². The van der Waals surface area contributed by atoms with E-state index in [0.717, 1.165) is 12.8 Å². The highest BCUT2D eigenvalue weighted by Crippen LogP contribution is 2.41. The number of benzene rings is 1. The molecular formula is C16H11ClF2N2OS. The Balaban J connectivity index is 1.95. The van der Waals surface area contributed by atoms with Crippen molar-refractivity contribution in [2.75, 3.05) is 0 Å².